The zero-order valence-electron chi connectivity index (χ0n) is 15.0. The normalized spacial score (nSPS) is 22.2. The number of carbonyl (C=O) groups excluding carboxylic acids is 2. The second kappa shape index (κ2) is 7.89. The van der Waals surface area contributed by atoms with Gasteiger partial charge in [-0.25, -0.2) is 9.69 Å². The minimum absolute atomic E-state index is 0.0599. The Bertz CT molecular complexity index is 728. The Balaban J connectivity index is 1.66. The quantitative estimate of drug-likeness (QED) is 0.706. The molecular formula is C17H21F2N3O4S. The van der Waals surface area contributed by atoms with E-state index in [0.29, 0.717) is 24.3 Å². The van der Waals surface area contributed by atoms with Crippen LogP contribution in [0.3, 0.4) is 0 Å². The summed E-state index contributed by atoms with van der Waals surface area (Å²) in [7, 11) is 3.11. The number of imide groups is 1. The first kappa shape index (κ1) is 19.7. The van der Waals surface area contributed by atoms with Crippen LogP contribution in [0.5, 0.6) is 11.5 Å². The van der Waals surface area contributed by atoms with Crippen LogP contribution in [0.4, 0.5) is 13.6 Å². The minimum atomic E-state index is -2.96. The number of nitrogens with zero attached hydrogens (tertiary/aromatic N) is 2. The molecule has 1 atom stereocenters. The Hall–Kier alpha value is -2.07. The van der Waals surface area contributed by atoms with Crippen molar-refractivity contribution in [3.8, 4) is 11.5 Å². The van der Waals surface area contributed by atoms with Crippen LogP contribution in [0.15, 0.2) is 18.2 Å². The van der Waals surface area contributed by atoms with Crippen molar-refractivity contribution in [2.24, 2.45) is 0 Å². The number of alkyl halides is 2. The molecule has 0 radical (unpaired) electrons. The van der Waals surface area contributed by atoms with Gasteiger partial charge in [0.2, 0.25) is 0 Å². The van der Waals surface area contributed by atoms with Crippen LogP contribution in [0, 0.1) is 0 Å². The monoisotopic (exact) mass is 401 g/mol. The largest absolute Gasteiger partial charge is 0.493 e. The van der Waals surface area contributed by atoms with Crippen LogP contribution in [-0.2, 0) is 11.3 Å². The van der Waals surface area contributed by atoms with Crippen LogP contribution in [0.2, 0.25) is 0 Å². The van der Waals surface area contributed by atoms with Gasteiger partial charge in [0.15, 0.2) is 11.5 Å². The summed E-state index contributed by atoms with van der Waals surface area (Å²) in [5.74, 6) is 1.37. The predicted molar refractivity (Wildman–Crippen MR) is 96.0 cm³/mol. The van der Waals surface area contributed by atoms with Crippen molar-refractivity contribution in [2.75, 3.05) is 32.3 Å². The van der Waals surface area contributed by atoms with Crippen molar-refractivity contribution in [1.29, 1.82) is 0 Å². The van der Waals surface area contributed by atoms with E-state index < -0.39 is 18.2 Å². The molecule has 3 amide bonds. The van der Waals surface area contributed by atoms with Crippen molar-refractivity contribution >= 4 is 23.7 Å². The summed E-state index contributed by atoms with van der Waals surface area (Å²) in [4.78, 5) is 27.9. The number of thioether (sulfide) groups is 1. The average molecular weight is 401 g/mol. The van der Waals surface area contributed by atoms with Gasteiger partial charge in [-0.2, -0.15) is 20.5 Å². The molecule has 0 bridgehead atoms. The van der Waals surface area contributed by atoms with Crippen molar-refractivity contribution < 1.29 is 27.8 Å². The number of carbonyl (C=O) groups is 2. The number of methoxy groups -OCH3 is 1. The number of halogens is 2. The van der Waals surface area contributed by atoms with Crippen LogP contribution >= 0.6 is 11.8 Å². The van der Waals surface area contributed by atoms with Crippen molar-refractivity contribution in [2.45, 2.75) is 25.1 Å². The average Bonchev–Trinajstić information content (AvgIpc) is 3.16. The van der Waals surface area contributed by atoms with E-state index in [0.717, 1.165) is 5.75 Å². The van der Waals surface area contributed by atoms with Gasteiger partial charge >= 0.3 is 12.6 Å². The van der Waals surface area contributed by atoms with Gasteiger partial charge in [0.25, 0.3) is 5.91 Å². The SMILES string of the molecule is COc1ccc(CN(C)CN2C(=O)NC3(CCSC3)C2=O)cc1OC(F)F. The third-order valence-electron chi connectivity index (χ3n) is 4.55. The molecule has 0 aliphatic carbocycles. The van der Waals surface area contributed by atoms with Crippen molar-refractivity contribution in [3.05, 3.63) is 23.8 Å². The molecule has 2 saturated heterocycles. The summed E-state index contributed by atoms with van der Waals surface area (Å²) >= 11 is 1.65. The van der Waals surface area contributed by atoms with E-state index in [1.807, 2.05) is 0 Å². The van der Waals surface area contributed by atoms with Gasteiger partial charge in [-0.1, -0.05) is 6.07 Å². The van der Waals surface area contributed by atoms with Crippen molar-refractivity contribution in [1.82, 2.24) is 15.1 Å². The summed E-state index contributed by atoms with van der Waals surface area (Å²) in [6.45, 7) is -2.52. The molecule has 10 heteroatoms. The van der Waals surface area contributed by atoms with Gasteiger partial charge in [0, 0.05) is 12.3 Å². The molecule has 1 spiro atoms. The van der Waals surface area contributed by atoms with Gasteiger partial charge in [-0.3, -0.25) is 9.69 Å². The first-order valence-electron chi connectivity index (χ1n) is 8.37. The molecule has 2 fully saturated rings. The molecule has 7 nitrogen and oxygen atoms in total. The maximum atomic E-state index is 12.7. The van der Waals surface area contributed by atoms with E-state index in [2.05, 4.69) is 10.1 Å². The zero-order chi connectivity index (χ0) is 19.6. The Kier molecular flexibility index (Phi) is 5.75. The number of ether oxygens (including phenoxy) is 2. The Labute approximate surface area is 160 Å². The number of urea groups is 1. The predicted octanol–water partition coefficient (Wildman–Crippen LogP) is 2.11. The molecule has 1 aromatic rings. The maximum absolute atomic E-state index is 12.7. The molecule has 1 unspecified atom stereocenters. The fourth-order valence-corrected chi connectivity index (χ4v) is 4.57. The fourth-order valence-electron chi connectivity index (χ4n) is 3.25. The molecular weight excluding hydrogens is 380 g/mol. The van der Waals surface area contributed by atoms with E-state index in [-0.39, 0.29) is 24.1 Å². The highest BCUT2D eigenvalue weighted by Gasteiger charge is 2.52. The standard InChI is InChI=1S/C17H21F2N3O4S/c1-21(8-11-3-4-12(25-2)13(7-11)26-15(18)19)10-22-14(23)17(20-16(22)24)5-6-27-9-17/h3-4,7,15H,5-6,8-10H2,1-2H3,(H,20,24). The van der Waals surface area contributed by atoms with E-state index in [1.54, 1.807) is 35.8 Å². The molecule has 0 aromatic heterocycles. The number of hydrogen-bond acceptors (Lipinski definition) is 6. The summed E-state index contributed by atoms with van der Waals surface area (Å²) in [6.07, 6.45) is 0.634. The highest BCUT2D eigenvalue weighted by atomic mass is 32.2. The number of amides is 3. The lowest BCUT2D eigenvalue weighted by Gasteiger charge is -2.24. The molecule has 27 heavy (non-hydrogen) atoms. The fraction of sp³-hybridized carbons (Fsp3) is 0.529. The van der Waals surface area contributed by atoms with Gasteiger partial charge in [-0.15, -0.1) is 0 Å². The first-order chi connectivity index (χ1) is 12.8. The smallest absolute Gasteiger partial charge is 0.387 e. The van der Waals surface area contributed by atoms with Gasteiger partial charge < -0.3 is 14.8 Å². The Morgan fingerprint density at radius 2 is 2.15 bits per heavy atom. The van der Waals surface area contributed by atoms with Gasteiger partial charge in [0.05, 0.1) is 13.8 Å². The summed E-state index contributed by atoms with van der Waals surface area (Å²) in [5.41, 5.74) is -0.0896. The summed E-state index contributed by atoms with van der Waals surface area (Å²) in [5, 5.41) is 2.81. The second-order valence-corrected chi connectivity index (χ2v) is 7.67. The molecule has 1 aromatic carbocycles. The van der Waals surface area contributed by atoms with Gasteiger partial charge in [-0.05, 0) is 36.9 Å². The topological polar surface area (TPSA) is 71.1 Å². The van der Waals surface area contributed by atoms with E-state index in [9.17, 15) is 18.4 Å². The lowest BCUT2D eigenvalue weighted by molar-refractivity contribution is -0.131. The summed E-state index contributed by atoms with van der Waals surface area (Å²) < 4.78 is 34.6. The number of hydrogen-bond donors (Lipinski definition) is 1. The number of rotatable bonds is 7. The highest BCUT2D eigenvalue weighted by molar-refractivity contribution is 7.99. The zero-order valence-corrected chi connectivity index (χ0v) is 15.9. The first-order valence-corrected chi connectivity index (χ1v) is 9.52. The lowest BCUT2D eigenvalue weighted by Crippen LogP contribution is -2.47. The molecule has 148 valence electrons. The molecule has 0 saturated carbocycles. The molecule has 3 rings (SSSR count). The number of nitrogens with one attached hydrogen (secondary N) is 1. The third kappa shape index (κ3) is 4.11. The maximum Gasteiger partial charge on any atom is 0.387 e. The van der Waals surface area contributed by atoms with Crippen LogP contribution in [-0.4, -0.2) is 66.2 Å². The number of benzene rings is 1. The minimum Gasteiger partial charge on any atom is -0.493 e. The highest BCUT2D eigenvalue weighted by Crippen LogP contribution is 2.34. The molecule has 2 aliphatic heterocycles. The Morgan fingerprint density at radius 3 is 2.78 bits per heavy atom. The van der Waals surface area contributed by atoms with Crippen molar-refractivity contribution in [3.63, 3.8) is 0 Å². The van der Waals surface area contributed by atoms with E-state index in [1.165, 1.54) is 18.1 Å². The van der Waals surface area contributed by atoms with E-state index >= 15 is 0 Å². The van der Waals surface area contributed by atoms with Gasteiger partial charge in [0.1, 0.15) is 5.54 Å². The van der Waals surface area contributed by atoms with Crippen LogP contribution in [0.25, 0.3) is 0 Å². The summed E-state index contributed by atoms with van der Waals surface area (Å²) in [6, 6.07) is 4.32. The van der Waals surface area contributed by atoms with Crippen LogP contribution < -0.4 is 14.8 Å². The van der Waals surface area contributed by atoms with Crippen LogP contribution in [0.1, 0.15) is 12.0 Å². The molecule has 2 heterocycles. The third-order valence-corrected chi connectivity index (χ3v) is 5.74. The second-order valence-electron chi connectivity index (χ2n) is 6.57. The van der Waals surface area contributed by atoms with E-state index in [4.69, 9.17) is 4.74 Å². The lowest BCUT2D eigenvalue weighted by atomic mass is 10.00. The Morgan fingerprint density at radius 1 is 1.37 bits per heavy atom. The molecule has 2 aliphatic rings. The molecule has 1 N–H and O–H groups in total.